The van der Waals surface area contributed by atoms with Gasteiger partial charge in [-0.3, -0.25) is 0 Å². The first-order valence-corrected chi connectivity index (χ1v) is 13.2. The molecule has 2 heterocycles. The van der Waals surface area contributed by atoms with E-state index in [-0.39, 0.29) is 5.79 Å². The Morgan fingerprint density at radius 2 is 1.66 bits per heavy atom. The van der Waals surface area contributed by atoms with Gasteiger partial charge in [-0.15, -0.1) is 0 Å². The van der Waals surface area contributed by atoms with Crippen LogP contribution < -0.4 is 0 Å². The molecule has 2 saturated heterocycles. The SMILES string of the molecule is C[C@@H]1CC[C@@]2(OC1)O[C@H]1C[C@@H]3[C@@H]4CC[C@H]5CCCC[C@]5(C)[C@H]4CC[C@]3(C)[C@H]1[C@@H]2C. The fraction of sp³-hybridized carbons (Fsp3) is 1.00. The monoisotopic (exact) mass is 400 g/mol. The first kappa shape index (κ1) is 19.6. The molecule has 2 nitrogen and oxygen atoms in total. The third-order valence-corrected chi connectivity index (χ3v) is 11.9. The van der Waals surface area contributed by atoms with Crippen molar-refractivity contribution in [2.75, 3.05) is 6.61 Å². The van der Waals surface area contributed by atoms with Gasteiger partial charge in [0, 0.05) is 12.3 Å². The number of ether oxygens (including phenoxy) is 2. The van der Waals surface area contributed by atoms with Crippen LogP contribution >= 0.6 is 0 Å². The van der Waals surface area contributed by atoms with Gasteiger partial charge in [-0.1, -0.05) is 40.5 Å². The number of fused-ring (bicyclic) bond motifs is 7. The van der Waals surface area contributed by atoms with E-state index in [4.69, 9.17) is 9.47 Å². The van der Waals surface area contributed by atoms with Crippen LogP contribution in [0.25, 0.3) is 0 Å². The summed E-state index contributed by atoms with van der Waals surface area (Å²) >= 11 is 0. The Bertz CT molecular complexity index is 651. The maximum atomic E-state index is 6.92. The molecule has 4 saturated carbocycles. The third-order valence-electron chi connectivity index (χ3n) is 11.9. The molecule has 0 unspecified atom stereocenters. The highest BCUT2D eigenvalue weighted by Crippen LogP contribution is 2.71. The number of hydrogen-bond acceptors (Lipinski definition) is 2. The van der Waals surface area contributed by atoms with E-state index in [0.29, 0.717) is 28.8 Å². The van der Waals surface area contributed by atoms with E-state index in [2.05, 4.69) is 27.7 Å². The van der Waals surface area contributed by atoms with E-state index in [1.54, 1.807) is 0 Å². The van der Waals surface area contributed by atoms with Crippen molar-refractivity contribution in [3.8, 4) is 0 Å². The van der Waals surface area contributed by atoms with Crippen LogP contribution in [0.4, 0.5) is 0 Å². The van der Waals surface area contributed by atoms with Gasteiger partial charge in [0.05, 0.1) is 12.7 Å². The zero-order valence-electron chi connectivity index (χ0n) is 19.4. The molecule has 4 aliphatic carbocycles. The van der Waals surface area contributed by atoms with Gasteiger partial charge in [-0.2, -0.15) is 0 Å². The molecule has 6 aliphatic rings. The van der Waals surface area contributed by atoms with Gasteiger partial charge < -0.3 is 9.47 Å². The first-order valence-electron chi connectivity index (χ1n) is 13.2. The smallest absolute Gasteiger partial charge is 0.171 e. The van der Waals surface area contributed by atoms with Gasteiger partial charge in [0.15, 0.2) is 5.79 Å². The van der Waals surface area contributed by atoms with Crippen molar-refractivity contribution in [3.63, 3.8) is 0 Å². The predicted octanol–water partition coefficient (Wildman–Crippen LogP) is 6.82. The fourth-order valence-corrected chi connectivity index (χ4v) is 10.3. The lowest BCUT2D eigenvalue weighted by Gasteiger charge is -2.61. The molecule has 0 aromatic heterocycles. The van der Waals surface area contributed by atoms with E-state index >= 15 is 0 Å². The molecule has 0 aromatic rings. The average molecular weight is 401 g/mol. The van der Waals surface area contributed by atoms with Gasteiger partial charge in [0.1, 0.15) is 0 Å². The Balaban J connectivity index is 1.27. The molecule has 2 heteroatoms. The summed E-state index contributed by atoms with van der Waals surface area (Å²) in [6.45, 7) is 11.1. The Kier molecular flexibility index (Phi) is 4.37. The summed E-state index contributed by atoms with van der Waals surface area (Å²) in [6.07, 6.45) is 16.2. The van der Waals surface area contributed by atoms with Crippen LogP contribution in [0.5, 0.6) is 0 Å². The summed E-state index contributed by atoms with van der Waals surface area (Å²) in [5, 5.41) is 0. The highest BCUT2D eigenvalue weighted by atomic mass is 16.7. The van der Waals surface area contributed by atoms with Crippen LogP contribution in [0.15, 0.2) is 0 Å². The quantitative estimate of drug-likeness (QED) is 0.444. The molecule has 0 radical (unpaired) electrons. The summed E-state index contributed by atoms with van der Waals surface area (Å²) in [4.78, 5) is 0. The summed E-state index contributed by atoms with van der Waals surface area (Å²) in [7, 11) is 0. The fourth-order valence-electron chi connectivity index (χ4n) is 10.3. The van der Waals surface area contributed by atoms with E-state index in [1.807, 2.05) is 0 Å². The number of rotatable bonds is 0. The highest BCUT2D eigenvalue weighted by molar-refractivity contribution is 5.15. The van der Waals surface area contributed by atoms with E-state index in [0.717, 1.165) is 42.6 Å². The highest BCUT2D eigenvalue weighted by Gasteiger charge is 2.68. The second-order valence-electron chi connectivity index (χ2n) is 12.9. The lowest BCUT2D eigenvalue weighted by molar-refractivity contribution is -0.273. The maximum absolute atomic E-state index is 6.92. The summed E-state index contributed by atoms with van der Waals surface area (Å²) in [6, 6.07) is 0. The molecule has 164 valence electrons. The third kappa shape index (κ3) is 2.54. The van der Waals surface area contributed by atoms with Crippen molar-refractivity contribution in [3.05, 3.63) is 0 Å². The molecule has 0 N–H and O–H groups in total. The Labute approximate surface area is 178 Å². The van der Waals surface area contributed by atoms with Gasteiger partial charge in [0.2, 0.25) is 0 Å². The van der Waals surface area contributed by atoms with E-state index < -0.39 is 0 Å². The Morgan fingerprint density at radius 3 is 2.45 bits per heavy atom. The minimum Gasteiger partial charge on any atom is -0.349 e. The lowest BCUT2D eigenvalue weighted by atomic mass is 9.44. The molecule has 0 amide bonds. The van der Waals surface area contributed by atoms with Crippen LogP contribution in [0.3, 0.4) is 0 Å². The lowest BCUT2D eigenvalue weighted by Crippen LogP contribution is -2.54. The van der Waals surface area contributed by atoms with Gasteiger partial charge in [0.25, 0.3) is 0 Å². The molecule has 0 bridgehead atoms. The first-order chi connectivity index (χ1) is 13.9. The molecule has 29 heavy (non-hydrogen) atoms. The van der Waals surface area contributed by atoms with Crippen LogP contribution in [-0.2, 0) is 9.47 Å². The topological polar surface area (TPSA) is 18.5 Å². The Morgan fingerprint density at radius 1 is 0.793 bits per heavy atom. The van der Waals surface area contributed by atoms with Crippen molar-refractivity contribution in [1.29, 1.82) is 0 Å². The summed E-state index contributed by atoms with van der Waals surface area (Å²) in [5.74, 6) is 5.62. The van der Waals surface area contributed by atoms with Crippen molar-refractivity contribution >= 4 is 0 Å². The van der Waals surface area contributed by atoms with Crippen LogP contribution in [0.1, 0.15) is 98.3 Å². The molecule has 1 spiro atoms. The van der Waals surface area contributed by atoms with Crippen LogP contribution in [-0.4, -0.2) is 18.5 Å². The zero-order valence-corrected chi connectivity index (χ0v) is 19.4. The largest absolute Gasteiger partial charge is 0.349 e. The van der Waals surface area contributed by atoms with Gasteiger partial charge >= 0.3 is 0 Å². The molecule has 6 fully saturated rings. The van der Waals surface area contributed by atoms with Crippen LogP contribution in [0, 0.1) is 52.3 Å². The van der Waals surface area contributed by atoms with Crippen molar-refractivity contribution in [2.45, 2.75) is 110 Å². The van der Waals surface area contributed by atoms with E-state index in [1.165, 1.54) is 64.2 Å². The minimum absolute atomic E-state index is 0.250. The summed E-state index contributed by atoms with van der Waals surface area (Å²) < 4.78 is 13.4. The maximum Gasteiger partial charge on any atom is 0.171 e. The molecule has 2 aliphatic heterocycles. The molecule has 0 aromatic carbocycles. The van der Waals surface area contributed by atoms with E-state index in [9.17, 15) is 0 Å². The van der Waals surface area contributed by atoms with Gasteiger partial charge in [-0.25, -0.2) is 0 Å². The Hall–Kier alpha value is -0.0800. The second-order valence-corrected chi connectivity index (χ2v) is 12.9. The molecular weight excluding hydrogens is 356 g/mol. The van der Waals surface area contributed by atoms with Crippen LogP contribution in [0.2, 0.25) is 0 Å². The molecular formula is C27H44O2. The minimum atomic E-state index is -0.250. The van der Waals surface area contributed by atoms with Crippen molar-refractivity contribution in [1.82, 2.24) is 0 Å². The second kappa shape index (κ2) is 6.47. The van der Waals surface area contributed by atoms with Crippen molar-refractivity contribution in [2.24, 2.45) is 52.3 Å². The average Bonchev–Trinajstić information content (AvgIpc) is 3.15. The van der Waals surface area contributed by atoms with Gasteiger partial charge in [-0.05, 0) is 97.7 Å². The zero-order chi connectivity index (χ0) is 20.0. The molecule has 6 rings (SSSR count). The van der Waals surface area contributed by atoms with Crippen molar-refractivity contribution < 1.29 is 9.47 Å². The summed E-state index contributed by atoms with van der Waals surface area (Å²) in [5.41, 5.74) is 1.13. The predicted molar refractivity (Wildman–Crippen MR) is 116 cm³/mol. The molecule has 11 atom stereocenters. The normalized spacial score (nSPS) is 61.7. The number of hydrogen-bond donors (Lipinski definition) is 0. The standard InChI is InChI=1S/C27H44O2/c1-17-10-14-27(28-16-17)18(2)24-23(29-27)15-22-20-9-8-19-7-5-6-12-25(19,3)21(20)11-13-26(22,24)4/h17-24H,5-16H2,1-4H3/t17-,18+,19-,20-,21+,22-,23+,24+,25+,26+,27-/m1/s1.